The number of phenols is 1. The minimum atomic E-state index is -0.738. The van der Waals surface area contributed by atoms with Crippen LogP contribution in [0.3, 0.4) is 0 Å². The Morgan fingerprint density at radius 1 is 1.00 bits per heavy atom. The van der Waals surface area contributed by atoms with Crippen molar-refractivity contribution in [2.75, 3.05) is 32.2 Å². The summed E-state index contributed by atoms with van der Waals surface area (Å²) in [6, 6.07) is 8.98. The molecule has 9 nitrogen and oxygen atoms in total. The van der Waals surface area contributed by atoms with Crippen LogP contribution >= 0.6 is 0 Å². The Balaban J connectivity index is 2.02. The van der Waals surface area contributed by atoms with Gasteiger partial charge in [0.2, 0.25) is 5.91 Å². The predicted octanol–water partition coefficient (Wildman–Crippen LogP) is 2.34. The summed E-state index contributed by atoms with van der Waals surface area (Å²) in [7, 11) is 1.18. The molecule has 0 radical (unpaired) electrons. The highest BCUT2D eigenvalue weighted by molar-refractivity contribution is 6.01. The highest BCUT2D eigenvalue weighted by Crippen LogP contribution is 2.29. The molecular formula is C21H24N2O7. The minimum absolute atomic E-state index is 0.0249. The molecule has 9 heteroatoms. The summed E-state index contributed by atoms with van der Waals surface area (Å²) in [6.45, 7) is 4.17. The summed E-state index contributed by atoms with van der Waals surface area (Å²) in [6.07, 6.45) is 0. The number of para-hydroxylation sites is 1. The molecule has 0 fully saturated rings. The number of hydrogen-bond donors (Lipinski definition) is 3. The first-order valence-corrected chi connectivity index (χ1v) is 9.29. The van der Waals surface area contributed by atoms with E-state index >= 15 is 0 Å². The van der Waals surface area contributed by atoms with Gasteiger partial charge < -0.3 is 30.0 Å². The maximum atomic E-state index is 12.4. The topological polar surface area (TPSA) is 123 Å². The van der Waals surface area contributed by atoms with Crippen molar-refractivity contribution in [2.45, 2.75) is 13.8 Å². The standard InChI is InChI=1S/C21H24N2O7/c1-4-29-16-10-9-13(11-17(16)30-5-2)20(26)22-12-18(24)23-15-8-6-7-14(19(15)25)21(27)28-3/h6-11,25H,4-5,12H2,1-3H3,(H,22,26)(H,23,24). The highest BCUT2D eigenvalue weighted by atomic mass is 16.5. The number of aromatic hydroxyl groups is 1. The van der Waals surface area contributed by atoms with E-state index in [1.165, 1.54) is 31.4 Å². The van der Waals surface area contributed by atoms with Gasteiger partial charge in [-0.15, -0.1) is 0 Å². The summed E-state index contributed by atoms with van der Waals surface area (Å²) in [5.74, 6) is -1.27. The van der Waals surface area contributed by atoms with E-state index in [0.29, 0.717) is 30.3 Å². The van der Waals surface area contributed by atoms with Gasteiger partial charge in [0.1, 0.15) is 5.56 Å². The third kappa shape index (κ3) is 5.63. The largest absolute Gasteiger partial charge is 0.505 e. The Morgan fingerprint density at radius 2 is 1.70 bits per heavy atom. The molecule has 0 bridgehead atoms. The van der Waals surface area contributed by atoms with E-state index in [1.54, 1.807) is 12.1 Å². The van der Waals surface area contributed by atoms with Gasteiger partial charge >= 0.3 is 5.97 Å². The predicted molar refractivity (Wildman–Crippen MR) is 109 cm³/mol. The average Bonchev–Trinajstić information content (AvgIpc) is 2.74. The molecule has 0 aliphatic heterocycles. The molecule has 2 amide bonds. The van der Waals surface area contributed by atoms with Crippen LogP contribution in [-0.4, -0.2) is 49.8 Å². The van der Waals surface area contributed by atoms with Crippen molar-refractivity contribution in [2.24, 2.45) is 0 Å². The summed E-state index contributed by atoms with van der Waals surface area (Å²) in [4.78, 5) is 36.2. The first kappa shape index (κ1) is 22.5. The van der Waals surface area contributed by atoms with Crippen LogP contribution < -0.4 is 20.1 Å². The van der Waals surface area contributed by atoms with Gasteiger partial charge in [0, 0.05) is 5.56 Å². The fourth-order valence-electron chi connectivity index (χ4n) is 2.57. The summed E-state index contributed by atoms with van der Waals surface area (Å²) in [5, 5.41) is 15.0. The number of benzene rings is 2. The van der Waals surface area contributed by atoms with E-state index in [0.717, 1.165) is 0 Å². The molecule has 0 unspecified atom stereocenters. The second kappa shape index (κ2) is 10.7. The number of rotatable bonds is 9. The molecule has 0 saturated carbocycles. The summed E-state index contributed by atoms with van der Waals surface area (Å²) in [5.41, 5.74) is 0.235. The molecule has 0 saturated heterocycles. The molecule has 0 spiro atoms. The molecule has 2 aromatic rings. The second-order valence-electron chi connectivity index (χ2n) is 5.95. The van der Waals surface area contributed by atoms with Crippen molar-refractivity contribution in [3.8, 4) is 17.2 Å². The monoisotopic (exact) mass is 416 g/mol. The lowest BCUT2D eigenvalue weighted by Crippen LogP contribution is -2.32. The lowest BCUT2D eigenvalue weighted by molar-refractivity contribution is -0.115. The van der Waals surface area contributed by atoms with Crippen molar-refractivity contribution in [1.82, 2.24) is 5.32 Å². The molecule has 30 heavy (non-hydrogen) atoms. The van der Waals surface area contributed by atoms with Crippen molar-refractivity contribution >= 4 is 23.5 Å². The van der Waals surface area contributed by atoms with Crippen molar-refractivity contribution < 1.29 is 33.7 Å². The number of hydrogen-bond acceptors (Lipinski definition) is 7. The molecule has 0 aliphatic rings. The third-order valence-corrected chi connectivity index (χ3v) is 3.93. The molecule has 0 aromatic heterocycles. The van der Waals surface area contributed by atoms with Crippen LogP contribution in [0.1, 0.15) is 34.6 Å². The maximum absolute atomic E-state index is 12.4. The van der Waals surface area contributed by atoms with Gasteiger partial charge in [0.15, 0.2) is 17.2 Å². The Kier molecular flexibility index (Phi) is 8.04. The number of amides is 2. The van der Waals surface area contributed by atoms with Crippen LogP contribution in [0.25, 0.3) is 0 Å². The van der Waals surface area contributed by atoms with Crippen molar-refractivity contribution in [1.29, 1.82) is 0 Å². The Labute approximate surface area is 173 Å². The highest BCUT2D eigenvalue weighted by Gasteiger charge is 2.17. The molecule has 3 N–H and O–H groups in total. The van der Waals surface area contributed by atoms with Gasteiger partial charge in [-0.25, -0.2) is 4.79 Å². The summed E-state index contributed by atoms with van der Waals surface area (Å²) < 4.78 is 15.5. The van der Waals surface area contributed by atoms with E-state index < -0.39 is 23.5 Å². The smallest absolute Gasteiger partial charge is 0.341 e. The zero-order valence-electron chi connectivity index (χ0n) is 17.0. The van der Waals surface area contributed by atoms with E-state index in [2.05, 4.69) is 15.4 Å². The number of carbonyl (C=O) groups is 3. The number of carbonyl (C=O) groups excluding carboxylic acids is 3. The van der Waals surface area contributed by atoms with Crippen LogP contribution in [0.2, 0.25) is 0 Å². The van der Waals surface area contributed by atoms with Gasteiger partial charge in [-0.05, 0) is 44.2 Å². The lowest BCUT2D eigenvalue weighted by Gasteiger charge is -2.13. The number of methoxy groups -OCH3 is 1. The number of anilines is 1. The zero-order chi connectivity index (χ0) is 22.1. The Hall–Kier alpha value is -3.75. The van der Waals surface area contributed by atoms with Crippen LogP contribution in [0.4, 0.5) is 5.69 Å². The van der Waals surface area contributed by atoms with Crippen LogP contribution in [0.5, 0.6) is 17.2 Å². The molecule has 160 valence electrons. The van der Waals surface area contributed by atoms with E-state index in [-0.39, 0.29) is 17.8 Å². The molecular weight excluding hydrogens is 392 g/mol. The maximum Gasteiger partial charge on any atom is 0.341 e. The van der Waals surface area contributed by atoms with Gasteiger partial charge in [-0.2, -0.15) is 0 Å². The quantitative estimate of drug-likeness (QED) is 0.423. The fraction of sp³-hybridized carbons (Fsp3) is 0.286. The van der Waals surface area contributed by atoms with Crippen LogP contribution in [0.15, 0.2) is 36.4 Å². The minimum Gasteiger partial charge on any atom is -0.505 e. The van der Waals surface area contributed by atoms with Gasteiger partial charge in [0.05, 0.1) is 32.6 Å². The molecule has 2 aromatic carbocycles. The fourth-order valence-corrected chi connectivity index (χ4v) is 2.57. The number of nitrogens with one attached hydrogen (secondary N) is 2. The summed E-state index contributed by atoms with van der Waals surface area (Å²) >= 11 is 0. The Bertz CT molecular complexity index is 928. The van der Waals surface area contributed by atoms with Gasteiger partial charge in [0.25, 0.3) is 5.91 Å². The van der Waals surface area contributed by atoms with E-state index in [1.807, 2.05) is 13.8 Å². The number of esters is 1. The normalized spacial score (nSPS) is 10.1. The number of phenolic OH excluding ortho intramolecular Hbond substituents is 1. The zero-order valence-corrected chi connectivity index (χ0v) is 17.0. The second-order valence-corrected chi connectivity index (χ2v) is 5.95. The lowest BCUT2D eigenvalue weighted by atomic mass is 10.1. The van der Waals surface area contributed by atoms with Crippen molar-refractivity contribution in [3.63, 3.8) is 0 Å². The number of ether oxygens (including phenoxy) is 3. The van der Waals surface area contributed by atoms with E-state index in [9.17, 15) is 19.5 Å². The van der Waals surface area contributed by atoms with Gasteiger partial charge in [-0.1, -0.05) is 6.07 Å². The average molecular weight is 416 g/mol. The third-order valence-electron chi connectivity index (χ3n) is 3.93. The van der Waals surface area contributed by atoms with Crippen LogP contribution in [0, 0.1) is 0 Å². The van der Waals surface area contributed by atoms with Crippen LogP contribution in [-0.2, 0) is 9.53 Å². The molecule has 2 rings (SSSR count). The first-order valence-electron chi connectivity index (χ1n) is 9.29. The molecule has 0 atom stereocenters. The Morgan fingerprint density at radius 3 is 2.37 bits per heavy atom. The van der Waals surface area contributed by atoms with Gasteiger partial charge in [-0.3, -0.25) is 9.59 Å². The van der Waals surface area contributed by atoms with E-state index in [4.69, 9.17) is 9.47 Å². The SMILES string of the molecule is CCOc1ccc(C(=O)NCC(=O)Nc2cccc(C(=O)OC)c2O)cc1OCC. The molecule has 0 heterocycles. The molecule has 0 aliphatic carbocycles. The first-order chi connectivity index (χ1) is 14.4. The van der Waals surface area contributed by atoms with Crippen molar-refractivity contribution in [3.05, 3.63) is 47.5 Å².